The van der Waals surface area contributed by atoms with Gasteiger partial charge in [-0.25, -0.2) is 0 Å². The normalized spacial score (nSPS) is 10.4. The Bertz CT molecular complexity index is 755. The third-order valence-corrected chi connectivity index (χ3v) is 4.96. The Hall–Kier alpha value is -2.27. The molecule has 0 aromatic heterocycles. The van der Waals surface area contributed by atoms with E-state index in [0.717, 1.165) is 10.5 Å². The number of carbonyl (C=O) groups excluding carboxylic acids is 2. The number of carbonyl (C=O) groups is 2. The monoisotopic (exact) mass is 356 g/mol. The molecule has 2 rings (SSSR count). The lowest BCUT2D eigenvalue weighted by molar-refractivity contribution is -0.118. The predicted octanol–water partition coefficient (Wildman–Crippen LogP) is 3.41. The van der Waals surface area contributed by atoms with Gasteiger partial charge in [-0.3, -0.25) is 9.59 Å². The number of hydrogen-bond acceptors (Lipinski definition) is 3. The first-order valence-corrected chi connectivity index (χ1v) is 9.12. The SMILES string of the molecule is Cc1ccc(C)c(SCC(=O)NCc2ccc(C(=O)N(C)C)cc2)c1. The summed E-state index contributed by atoms with van der Waals surface area (Å²) in [6.07, 6.45) is 0. The van der Waals surface area contributed by atoms with Crippen molar-refractivity contribution >= 4 is 23.6 Å². The molecule has 0 aliphatic heterocycles. The summed E-state index contributed by atoms with van der Waals surface area (Å²) in [7, 11) is 3.45. The first-order valence-electron chi connectivity index (χ1n) is 8.14. The van der Waals surface area contributed by atoms with Crippen molar-refractivity contribution in [2.45, 2.75) is 25.3 Å². The van der Waals surface area contributed by atoms with Crippen LogP contribution in [0.15, 0.2) is 47.4 Å². The minimum Gasteiger partial charge on any atom is -0.351 e. The summed E-state index contributed by atoms with van der Waals surface area (Å²) >= 11 is 1.55. The maximum absolute atomic E-state index is 12.1. The number of nitrogens with one attached hydrogen (secondary N) is 1. The van der Waals surface area contributed by atoms with Crippen LogP contribution in [0.25, 0.3) is 0 Å². The van der Waals surface area contributed by atoms with Crippen molar-refractivity contribution < 1.29 is 9.59 Å². The van der Waals surface area contributed by atoms with Crippen LogP contribution >= 0.6 is 11.8 Å². The molecule has 0 saturated carbocycles. The van der Waals surface area contributed by atoms with Gasteiger partial charge < -0.3 is 10.2 Å². The van der Waals surface area contributed by atoms with E-state index in [1.54, 1.807) is 42.9 Å². The Kier molecular flexibility index (Phi) is 6.65. The van der Waals surface area contributed by atoms with Crippen LogP contribution in [0.4, 0.5) is 0 Å². The number of benzene rings is 2. The van der Waals surface area contributed by atoms with E-state index in [9.17, 15) is 9.59 Å². The van der Waals surface area contributed by atoms with Crippen molar-refractivity contribution in [3.05, 3.63) is 64.7 Å². The average Bonchev–Trinajstić information content (AvgIpc) is 2.60. The van der Waals surface area contributed by atoms with E-state index in [2.05, 4.69) is 30.4 Å². The van der Waals surface area contributed by atoms with Gasteiger partial charge in [-0.2, -0.15) is 0 Å². The summed E-state index contributed by atoms with van der Waals surface area (Å²) in [6.45, 7) is 4.56. The highest BCUT2D eigenvalue weighted by Crippen LogP contribution is 2.23. The number of rotatable bonds is 6. The Morgan fingerprint density at radius 3 is 2.36 bits per heavy atom. The van der Waals surface area contributed by atoms with Crippen LogP contribution in [0.2, 0.25) is 0 Å². The highest BCUT2D eigenvalue weighted by atomic mass is 32.2. The molecule has 1 N–H and O–H groups in total. The highest BCUT2D eigenvalue weighted by Gasteiger charge is 2.08. The highest BCUT2D eigenvalue weighted by molar-refractivity contribution is 8.00. The third kappa shape index (κ3) is 5.64. The molecule has 0 heterocycles. The van der Waals surface area contributed by atoms with Crippen LogP contribution in [0.3, 0.4) is 0 Å². The van der Waals surface area contributed by atoms with Crippen LogP contribution < -0.4 is 5.32 Å². The molecule has 5 heteroatoms. The van der Waals surface area contributed by atoms with Gasteiger partial charge in [-0.15, -0.1) is 11.8 Å². The van der Waals surface area contributed by atoms with Crippen molar-refractivity contribution in [1.82, 2.24) is 10.2 Å². The molecule has 0 saturated heterocycles. The van der Waals surface area contributed by atoms with Gasteiger partial charge in [0.1, 0.15) is 0 Å². The second kappa shape index (κ2) is 8.72. The van der Waals surface area contributed by atoms with E-state index < -0.39 is 0 Å². The molecule has 2 aromatic carbocycles. The zero-order valence-corrected chi connectivity index (χ0v) is 15.9. The Morgan fingerprint density at radius 1 is 1.04 bits per heavy atom. The molecule has 0 atom stereocenters. The number of nitrogens with zero attached hydrogens (tertiary/aromatic N) is 1. The van der Waals surface area contributed by atoms with Crippen LogP contribution in [0.5, 0.6) is 0 Å². The Morgan fingerprint density at radius 2 is 1.72 bits per heavy atom. The number of amides is 2. The molecule has 2 amide bonds. The Labute approximate surface area is 153 Å². The lowest BCUT2D eigenvalue weighted by atomic mass is 10.1. The fourth-order valence-electron chi connectivity index (χ4n) is 2.28. The number of aryl methyl sites for hydroxylation is 2. The third-order valence-electron chi connectivity index (χ3n) is 3.80. The van der Waals surface area contributed by atoms with Gasteiger partial charge >= 0.3 is 0 Å². The standard InChI is InChI=1S/C20H24N2O2S/c1-14-5-6-15(2)18(11-14)25-13-19(23)21-12-16-7-9-17(10-8-16)20(24)22(3)4/h5-11H,12-13H2,1-4H3,(H,21,23). The van der Waals surface area contributed by atoms with Gasteiger partial charge in [0.05, 0.1) is 5.75 Å². The van der Waals surface area contributed by atoms with Crippen molar-refractivity contribution in [2.24, 2.45) is 0 Å². The summed E-state index contributed by atoms with van der Waals surface area (Å²) in [4.78, 5) is 26.6. The first kappa shape index (κ1) is 19.1. The van der Waals surface area contributed by atoms with E-state index in [1.807, 2.05) is 19.1 Å². The molecule has 0 bridgehead atoms. The van der Waals surface area contributed by atoms with Gasteiger partial charge in [0.15, 0.2) is 0 Å². The molecule has 0 radical (unpaired) electrons. The summed E-state index contributed by atoms with van der Waals surface area (Å²) in [6, 6.07) is 13.6. The summed E-state index contributed by atoms with van der Waals surface area (Å²) in [5, 5.41) is 2.92. The predicted molar refractivity (Wildman–Crippen MR) is 103 cm³/mol. The summed E-state index contributed by atoms with van der Waals surface area (Å²) in [5.41, 5.74) is 4.00. The van der Waals surface area contributed by atoms with E-state index in [0.29, 0.717) is 17.9 Å². The molecular formula is C20H24N2O2S. The molecule has 132 valence electrons. The quantitative estimate of drug-likeness (QED) is 0.807. The lowest BCUT2D eigenvalue weighted by Crippen LogP contribution is -2.25. The van der Waals surface area contributed by atoms with Crippen LogP contribution in [0, 0.1) is 13.8 Å². The molecule has 2 aromatic rings. The number of thioether (sulfide) groups is 1. The van der Waals surface area contributed by atoms with Crippen molar-refractivity contribution in [2.75, 3.05) is 19.8 Å². The zero-order valence-electron chi connectivity index (χ0n) is 15.1. The smallest absolute Gasteiger partial charge is 0.253 e. The lowest BCUT2D eigenvalue weighted by Gasteiger charge is -2.11. The molecule has 0 unspecified atom stereocenters. The van der Waals surface area contributed by atoms with Crippen LogP contribution in [-0.2, 0) is 11.3 Å². The van der Waals surface area contributed by atoms with Gasteiger partial charge in [0, 0.05) is 31.1 Å². The van der Waals surface area contributed by atoms with E-state index in [-0.39, 0.29) is 11.8 Å². The fraction of sp³-hybridized carbons (Fsp3) is 0.300. The first-order chi connectivity index (χ1) is 11.9. The van der Waals surface area contributed by atoms with Crippen LogP contribution in [0.1, 0.15) is 27.0 Å². The molecule has 0 aliphatic rings. The maximum atomic E-state index is 12.1. The van der Waals surface area contributed by atoms with Gasteiger partial charge in [0.25, 0.3) is 5.91 Å². The van der Waals surface area contributed by atoms with Crippen LogP contribution in [-0.4, -0.2) is 36.6 Å². The van der Waals surface area contributed by atoms with E-state index in [4.69, 9.17) is 0 Å². The Balaban J connectivity index is 1.83. The molecular weight excluding hydrogens is 332 g/mol. The zero-order chi connectivity index (χ0) is 18.4. The molecule has 4 nitrogen and oxygen atoms in total. The fourth-order valence-corrected chi connectivity index (χ4v) is 3.23. The van der Waals surface area contributed by atoms with Gasteiger partial charge in [-0.1, -0.05) is 29.8 Å². The van der Waals surface area contributed by atoms with E-state index in [1.165, 1.54) is 11.1 Å². The topological polar surface area (TPSA) is 49.4 Å². The second-order valence-electron chi connectivity index (χ2n) is 6.23. The largest absolute Gasteiger partial charge is 0.351 e. The molecule has 25 heavy (non-hydrogen) atoms. The van der Waals surface area contributed by atoms with Crippen molar-refractivity contribution in [3.8, 4) is 0 Å². The average molecular weight is 356 g/mol. The second-order valence-corrected chi connectivity index (χ2v) is 7.25. The molecule has 0 spiro atoms. The minimum atomic E-state index is -0.0273. The molecule has 0 fully saturated rings. The minimum absolute atomic E-state index is 0.000601. The maximum Gasteiger partial charge on any atom is 0.253 e. The number of hydrogen-bond donors (Lipinski definition) is 1. The molecule has 0 aliphatic carbocycles. The van der Waals surface area contributed by atoms with E-state index >= 15 is 0 Å². The summed E-state index contributed by atoms with van der Waals surface area (Å²) < 4.78 is 0. The van der Waals surface area contributed by atoms with Gasteiger partial charge in [0.2, 0.25) is 5.91 Å². The summed E-state index contributed by atoms with van der Waals surface area (Å²) in [5.74, 6) is 0.362. The van der Waals surface area contributed by atoms with Crippen molar-refractivity contribution in [3.63, 3.8) is 0 Å². The van der Waals surface area contributed by atoms with Gasteiger partial charge in [-0.05, 0) is 43.2 Å². The van der Waals surface area contributed by atoms with Crippen molar-refractivity contribution in [1.29, 1.82) is 0 Å².